The minimum atomic E-state index is -1.88. The Morgan fingerprint density at radius 2 is 1.37 bits per heavy atom. The summed E-state index contributed by atoms with van der Waals surface area (Å²) in [6.07, 6.45) is 7.94. The van der Waals surface area contributed by atoms with E-state index >= 15 is 0 Å². The van der Waals surface area contributed by atoms with Gasteiger partial charge in [-0.15, -0.1) is 0 Å². The summed E-state index contributed by atoms with van der Waals surface area (Å²) in [5.41, 5.74) is 0. The van der Waals surface area contributed by atoms with E-state index in [0.717, 1.165) is 25.3 Å². The van der Waals surface area contributed by atoms with Gasteiger partial charge in [0.1, 0.15) is 0 Å². The summed E-state index contributed by atoms with van der Waals surface area (Å²) in [7, 11) is -1.88. The molecule has 0 heterocycles. The van der Waals surface area contributed by atoms with Crippen LogP contribution >= 0.6 is 0 Å². The Balaban J connectivity index is 3.80. The molecule has 116 valence electrons. The van der Waals surface area contributed by atoms with Gasteiger partial charge in [-0.05, 0) is 24.4 Å². The molecule has 0 aromatic heterocycles. The Hall–Kier alpha value is 0.137. The van der Waals surface area contributed by atoms with Gasteiger partial charge >= 0.3 is 8.56 Å². The van der Waals surface area contributed by atoms with Crippen LogP contribution in [0.3, 0.4) is 0 Å². The molecule has 0 radical (unpaired) electrons. The first kappa shape index (κ1) is 19.1. The first-order valence-corrected chi connectivity index (χ1v) is 10.6. The molecule has 0 atom stereocenters. The molecule has 0 N–H and O–H groups in total. The molecular weight excluding hydrogens is 252 g/mol. The second-order valence-electron chi connectivity index (χ2n) is 5.94. The van der Waals surface area contributed by atoms with Gasteiger partial charge in [0, 0.05) is 13.2 Å². The van der Waals surface area contributed by atoms with Crippen molar-refractivity contribution in [3.63, 3.8) is 0 Å². The predicted octanol–water partition coefficient (Wildman–Crippen LogP) is 5.52. The van der Waals surface area contributed by atoms with Gasteiger partial charge in [-0.25, -0.2) is 0 Å². The monoisotopic (exact) mass is 288 g/mol. The largest absolute Gasteiger partial charge is 0.394 e. The fraction of sp³-hybridized carbons (Fsp3) is 1.00. The minimum absolute atomic E-state index is 0.600. The zero-order chi connectivity index (χ0) is 14.6. The standard InChI is InChI=1S/C16H36O2Si/c1-6-9-10-11-12-13-14-17-19(7-2,8-3)18-15-16(4)5/h16H,6-15H2,1-5H3. The van der Waals surface area contributed by atoms with Crippen LogP contribution in [-0.2, 0) is 8.85 Å². The van der Waals surface area contributed by atoms with Crippen molar-refractivity contribution in [3.05, 3.63) is 0 Å². The Kier molecular flexibility index (Phi) is 12.0. The lowest BCUT2D eigenvalue weighted by molar-refractivity contribution is 0.150. The first-order valence-electron chi connectivity index (χ1n) is 8.38. The SMILES string of the molecule is CCCCCCCCO[Si](CC)(CC)OCC(C)C. The van der Waals surface area contributed by atoms with Crippen LogP contribution in [0.2, 0.25) is 12.1 Å². The van der Waals surface area contributed by atoms with Crippen LogP contribution in [0.25, 0.3) is 0 Å². The summed E-state index contributed by atoms with van der Waals surface area (Å²) in [6, 6.07) is 2.15. The lowest BCUT2D eigenvalue weighted by Crippen LogP contribution is -2.42. The van der Waals surface area contributed by atoms with E-state index in [0.29, 0.717) is 5.92 Å². The molecule has 0 saturated carbocycles. The molecule has 0 spiro atoms. The van der Waals surface area contributed by atoms with Crippen molar-refractivity contribution in [2.45, 2.75) is 85.2 Å². The number of hydrogen-bond acceptors (Lipinski definition) is 2. The Morgan fingerprint density at radius 1 is 0.789 bits per heavy atom. The molecule has 0 rings (SSSR count). The van der Waals surface area contributed by atoms with Crippen molar-refractivity contribution in [1.82, 2.24) is 0 Å². The predicted molar refractivity (Wildman–Crippen MR) is 86.8 cm³/mol. The highest BCUT2D eigenvalue weighted by atomic mass is 28.4. The van der Waals surface area contributed by atoms with E-state index in [4.69, 9.17) is 8.85 Å². The Bertz CT molecular complexity index is 191. The summed E-state index contributed by atoms with van der Waals surface area (Å²) in [6.45, 7) is 12.9. The van der Waals surface area contributed by atoms with Crippen molar-refractivity contribution in [3.8, 4) is 0 Å². The number of hydrogen-bond donors (Lipinski definition) is 0. The maximum Gasteiger partial charge on any atom is 0.337 e. The quantitative estimate of drug-likeness (QED) is 0.328. The average Bonchev–Trinajstić information content (AvgIpc) is 2.41. The van der Waals surface area contributed by atoms with E-state index < -0.39 is 8.56 Å². The summed E-state index contributed by atoms with van der Waals surface area (Å²) in [4.78, 5) is 0. The smallest absolute Gasteiger partial charge is 0.337 e. The van der Waals surface area contributed by atoms with Crippen LogP contribution in [-0.4, -0.2) is 21.8 Å². The summed E-state index contributed by atoms with van der Waals surface area (Å²) in [5.74, 6) is 0.600. The normalized spacial score (nSPS) is 12.3. The first-order chi connectivity index (χ1) is 9.10. The van der Waals surface area contributed by atoms with Gasteiger partial charge in [-0.3, -0.25) is 0 Å². The molecule has 0 aliphatic heterocycles. The van der Waals surface area contributed by atoms with E-state index in [-0.39, 0.29) is 0 Å². The van der Waals surface area contributed by atoms with E-state index in [1.807, 2.05) is 0 Å². The summed E-state index contributed by atoms with van der Waals surface area (Å²) >= 11 is 0. The third-order valence-corrected chi connectivity index (χ3v) is 7.20. The number of unbranched alkanes of at least 4 members (excludes halogenated alkanes) is 5. The van der Waals surface area contributed by atoms with Crippen molar-refractivity contribution in [2.75, 3.05) is 13.2 Å². The fourth-order valence-electron chi connectivity index (χ4n) is 2.16. The van der Waals surface area contributed by atoms with E-state index in [1.54, 1.807) is 0 Å². The van der Waals surface area contributed by atoms with Crippen molar-refractivity contribution >= 4 is 8.56 Å². The van der Waals surface area contributed by atoms with Crippen LogP contribution in [0.5, 0.6) is 0 Å². The number of rotatable bonds is 13. The van der Waals surface area contributed by atoms with Gasteiger partial charge < -0.3 is 8.85 Å². The third-order valence-electron chi connectivity index (χ3n) is 3.62. The van der Waals surface area contributed by atoms with E-state index in [2.05, 4.69) is 34.6 Å². The Morgan fingerprint density at radius 3 is 1.89 bits per heavy atom. The van der Waals surface area contributed by atoms with Crippen LogP contribution < -0.4 is 0 Å². The average molecular weight is 289 g/mol. The molecule has 0 aliphatic rings. The molecule has 0 fully saturated rings. The van der Waals surface area contributed by atoms with Crippen molar-refractivity contribution < 1.29 is 8.85 Å². The Labute approximate surface area is 122 Å². The van der Waals surface area contributed by atoms with Gasteiger partial charge in [0.25, 0.3) is 0 Å². The maximum absolute atomic E-state index is 6.20. The topological polar surface area (TPSA) is 18.5 Å². The fourth-order valence-corrected chi connectivity index (χ4v) is 4.71. The molecule has 0 unspecified atom stereocenters. The van der Waals surface area contributed by atoms with E-state index in [1.165, 1.54) is 38.5 Å². The van der Waals surface area contributed by atoms with Gasteiger partial charge in [-0.1, -0.05) is 66.7 Å². The molecule has 0 bridgehead atoms. The molecule has 0 aliphatic carbocycles. The van der Waals surface area contributed by atoms with Gasteiger partial charge in [0.15, 0.2) is 0 Å². The van der Waals surface area contributed by atoms with E-state index in [9.17, 15) is 0 Å². The molecular formula is C16H36O2Si. The second-order valence-corrected chi connectivity index (χ2v) is 9.75. The minimum Gasteiger partial charge on any atom is -0.394 e. The summed E-state index contributed by atoms with van der Waals surface area (Å²) < 4.78 is 12.4. The highest BCUT2D eigenvalue weighted by Crippen LogP contribution is 2.20. The summed E-state index contributed by atoms with van der Waals surface area (Å²) in [5, 5.41) is 0. The van der Waals surface area contributed by atoms with Crippen molar-refractivity contribution in [2.24, 2.45) is 5.92 Å². The zero-order valence-electron chi connectivity index (χ0n) is 14.0. The van der Waals surface area contributed by atoms with Gasteiger partial charge in [0.05, 0.1) is 0 Å². The molecule has 3 heteroatoms. The molecule has 0 aromatic carbocycles. The highest BCUT2D eigenvalue weighted by molar-refractivity contribution is 6.67. The third kappa shape index (κ3) is 9.64. The molecule has 0 saturated heterocycles. The molecule has 0 aromatic rings. The molecule has 19 heavy (non-hydrogen) atoms. The molecule has 2 nitrogen and oxygen atoms in total. The van der Waals surface area contributed by atoms with Crippen LogP contribution in [0.4, 0.5) is 0 Å². The lowest BCUT2D eigenvalue weighted by Gasteiger charge is -2.29. The van der Waals surface area contributed by atoms with Gasteiger partial charge in [-0.2, -0.15) is 0 Å². The lowest BCUT2D eigenvalue weighted by atomic mass is 10.1. The second kappa shape index (κ2) is 11.9. The van der Waals surface area contributed by atoms with Crippen LogP contribution in [0, 0.1) is 5.92 Å². The molecule has 0 amide bonds. The van der Waals surface area contributed by atoms with Crippen molar-refractivity contribution in [1.29, 1.82) is 0 Å². The zero-order valence-corrected chi connectivity index (χ0v) is 15.0. The maximum atomic E-state index is 6.20. The van der Waals surface area contributed by atoms with Crippen LogP contribution in [0.1, 0.15) is 73.1 Å². The van der Waals surface area contributed by atoms with Gasteiger partial charge in [0.2, 0.25) is 0 Å². The van der Waals surface area contributed by atoms with Crippen LogP contribution in [0.15, 0.2) is 0 Å². The highest BCUT2D eigenvalue weighted by Gasteiger charge is 2.33.